The van der Waals surface area contributed by atoms with E-state index in [2.05, 4.69) is 20.9 Å². The summed E-state index contributed by atoms with van der Waals surface area (Å²) in [5.41, 5.74) is 6.52. The van der Waals surface area contributed by atoms with Crippen molar-refractivity contribution in [2.45, 2.75) is 27.7 Å². The Bertz CT molecular complexity index is 1580. The number of aromatic nitrogens is 2. The van der Waals surface area contributed by atoms with Crippen molar-refractivity contribution in [3.05, 3.63) is 94.4 Å². The van der Waals surface area contributed by atoms with Crippen molar-refractivity contribution in [1.29, 1.82) is 0 Å². The molecule has 0 atom stereocenters. The van der Waals surface area contributed by atoms with Gasteiger partial charge in [0.25, 0.3) is 11.8 Å². The van der Waals surface area contributed by atoms with Gasteiger partial charge in [-0.1, -0.05) is 18.2 Å². The normalized spacial score (nSPS) is 15.3. The van der Waals surface area contributed by atoms with E-state index in [-0.39, 0.29) is 5.57 Å². The van der Waals surface area contributed by atoms with E-state index in [1.807, 2.05) is 64.1 Å². The van der Waals surface area contributed by atoms with Crippen LogP contribution in [0.1, 0.15) is 28.1 Å². The fourth-order valence-electron chi connectivity index (χ4n) is 4.54. The number of rotatable bonds is 3. The molecule has 35 heavy (non-hydrogen) atoms. The SMILES string of the molecule is Cc1cccc(N2C(=O)NC(=O)/C(=C\c3cc(C)n(-c4ccc5ncccc5c4)c3C)C2=O)c1C. The maximum atomic E-state index is 13.4. The Balaban J connectivity index is 1.58. The first-order valence-corrected chi connectivity index (χ1v) is 11.3. The fraction of sp³-hybridized carbons (Fsp3) is 0.143. The largest absolute Gasteiger partial charge is 0.335 e. The predicted molar refractivity (Wildman–Crippen MR) is 135 cm³/mol. The first-order chi connectivity index (χ1) is 16.8. The van der Waals surface area contributed by atoms with Crippen LogP contribution in [0.2, 0.25) is 0 Å². The molecule has 1 N–H and O–H groups in total. The fourth-order valence-corrected chi connectivity index (χ4v) is 4.54. The number of carbonyl (C=O) groups excluding carboxylic acids is 3. The first-order valence-electron chi connectivity index (χ1n) is 11.3. The van der Waals surface area contributed by atoms with Crippen molar-refractivity contribution in [2.75, 3.05) is 4.90 Å². The van der Waals surface area contributed by atoms with Crippen LogP contribution in [0, 0.1) is 27.7 Å². The van der Waals surface area contributed by atoms with Crippen LogP contribution in [0.3, 0.4) is 0 Å². The Morgan fingerprint density at radius 1 is 0.914 bits per heavy atom. The topological polar surface area (TPSA) is 84.3 Å². The number of nitrogens with zero attached hydrogens (tertiary/aromatic N) is 3. The van der Waals surface area contributed by atoms with Gasteiger partial charge in [-0.25, -0.2) is 9.69 Å². The van der Waals surface area contributed by atoms with E-state index in [0.29, 0.717) is 5.69 Å². The third-order valence-electron chi connectivity index (χ3n) is 6.53. The van der Waals surface area contributed by atoms with E-state index in [1.165, 1.54) is 0 Å². The summed E-state index contributed by atoms with van der Waals surface area (Å²) in [4.78, 5) is 44.1. The van der Waals surface area contributed by atoms with Gasteiger partial charge in [-0.3, -0.25) is 19.9 Å². The number of anilines is 1. The molecular weight excluding hydrogens is 440 g/mol. The Morgan fingerprint density at radius 2 is 1.71 bits per heavy atom. The molecule has 2 aromatic heterocycles. The van der Waals surface area contributed by atoms with Gasteiger partial charge in [0.1, 0.15) is 5.57 Å². The highest BCUT2D eigenvalue weighted by Gasteiger charge is 2.37. The number of hydrogen-bond donors (Lipinski definition) is 1. The minimum atomic E-state index is -0.749. The monoisotopic (exact) mass is 464 g/mol. The predicted octanol–water partition coefficient (Wildman–Crippen LogP) is 4.93. The lowest BCUT2D eigenvalue weighted by atomic mass is 10.0. The quantitative estimate of drug-likeness (QED) is 0.344. The number of nitrogens with one attached hydrogen (secondary N) is 1. The Kier molecular flexibility index (Phi) is 5.32. The lowest BCUT2D eigenvalue weighted by Gasteiger charge is -2.28. The zero-order valence-corrected chi connectivity index (χ0v) is 19.9. The van der Waals surface area contributed by atoms with Gasteiger partial charge in [-0.2, -0.15) is 0 Å². The molecule has 4 amide bonds. The van der Waals surface area contributed by atoms with Gasteiger partial charge in [0.2, 0.25) is 0 Å². The van der Waals surface area contributed by atoms with Gasteiger partial charge in [0.05, 0.1) is 11.2 Å². The molecule has 1 saturated heterocycles. The second-order valence-corrected chi connectivity index (χ2v) is 8.72. The Labute approximate surface area is 202 Å². The molecule has 0 aliphatic carbocycles. The van der Waals surface area contributed by atoms with E-state index in [9.17, 15) is 14.4 Å². The summed E-state index contributed by atoms with van der Waals surface area (Å²) in [6.07, 6.45) is 3.32. The lowest BCUT2D eigenvalue weighted by Crippen LogP contribution is -2.54. The molecule has 7 heteroatoms. The molecule has 1 fully saturated rings. The van der Waals surface area contributed by atoms with Crippen molar-refractivity contribution in [3.8, 4) is 5.69 Å². The molecule has 4 aromatic rings. The van der Waals surface area contributed by atoms with Crippen LogP contribution in [-0.4, -0.2) is 27.4 Å². The van der Waals surface area contributed by atoms with Gasteiger partial charge < -0.3 is 4.57 Å². The summed E-state index contributed by atoms with van der Waals surface area (Å²) in [5.74, 6) is -1.35. The zero-order valence-electron chi connectivity index (χ0n) is 19.9. The molecule has 7 nitrogen and oxygen atoms in total. The highest BCUT2D eigenvalue weighted by Crippen LogP contribution is 2.29. The zero-order chi connectivity index (χ0) is 24.9. The van der Waals surface area contributed by atoms with Gasteiger partial charge >= 0.3 is 6.03 Å². The highest BCUT2D eigenvalue weighted by molar-refractivity contribution is 6.39. The van der Waals surface area contributed by atoms with E-state index in [0.717, 1.165) is 49.6 Å². The summed E-state index contributed by atoms with van der Waals surface area (Å²) < 4.78 is 2.07. The molecule has 0 bridgehead atoms. The molecule has 0 radical (unpaired) electrons. The average molecular weight is 465 g/mol. The lowest BCUT2D eigenvalue weighted by molar-refractivity contribution is -0.122. The van der Waals surface area contributed by atoms with Crippen molar-refractivity contribution in [3.63, 3.8) is 0 Å². The summed E-state index contributed by atoms with van der Waals surface area (Å²) in [6, 6.07) is 16.5. The summed E-state index contributed by atoms with van der Waals surface area (Å²) in [5, 5.41) is 3.33. The third kappa shape index (κ3) is 3.71. The van der Waals surface area contributed by atoms with Crippen LogP contribution in [-0.2, 0) is 9.59 Å². The van der Waals surface area contributed by atoms with Gasteiger partial charge in [0, 0.05) is 28.7 Å². The summed E-state index contributed by atoms with van der Waals surface area (Å²) >= 11 is 0. The van der Waals surface area contributed by atoms with Crippen molar-refractivity contribution in [1.82, 2.24) is 14.9 Å². The van der Waals surface area contributed by atoms with Crippen LogP contribution in [0.5, 0.6) is 0 Å². The maximum Gasteiger partial charge on any atom is 0.335 e. The number of imide groups is 2. The minimum Gasteiger partial charge on any atom is -0.318 e. The first kappa shape index (κ1) is 22.3. The standard InChI is InChI=1S/C28H24N4O3/c1-16-7-5-9-25(18(16)3)32-27(34)23(26(33)30-28(32)35)15-21-13-17(2)31(19(21)4)22-10-11-24-20(14-22)8-6-12-29-24/h5-15H,1-4H3,(H,30,33,35)/b23-15+. The van der Waals surface area contributed by atoms with E-state index >= 15 is 0 Å². The third-order valence-corrected chi connectivity index (χ3v) is 6.53. The Morgan fingerprint density at radius 3 is 2.51 bits per heavy atom. The van der Waals surface area contributed by atoms with Crippen LogP contribution in [0.4, 0.5) is 10.5 Å². The second kappa shape index (κ2) is 8.36. The molecule has 0 spiro atoms. The van der Waals surface area contributed by atoms with Crippen molar-refractivity contribution < 1.29 is 14.4 Å². The number of aryl methyl sites for hydroxylation is 2. The van der Waals surface area contributed by atoms with Crippen molar-refractivity contribution >= 4 is 40.5 Å². The molecule has 0 saturated carbocycles. The number of fused-ring (bicyclic) bond motifs is 1. The molecule has 2 aromatic carbocycles. The smallest absolute Gasteiger partial charge is 0.318 e. The van der Waals surface area contributed by atoms with Gasteiger partial charge in [-0.15, -0.1) is 0 Å². The number of urea groups is 1. The summed E-state index contributed by atoms with van der Waals surface area (Å²) in [7, 11) is 0. The average Bonchev–Trinajstić information content (AvgIpc) is 3.11. The second-order valence-electron chi connectivity index (χ2n) is 8.72. The number of benzene rings is 2. The number of amides is 4. The van der Waals surface area contributed by atoms with Crippen LogP contribution < -0.4 is 10.2 Å². The van der Waals surface area contributed by atoms with Crippen LogP contribution >= 0.6 is 0 Å². The number of pyridine rings is 1. The number of carbonyl (C=O) groups is 3. The van der Waals surface area contributed by atoms with E-state index < -0.39 is 17.8 Å². The van der Waals surface area contributed by atoms with Crippen LogP contribution in [0.25, 0.3) is 22.7 Å². The molecule has 0 unspecified atom stereocenters. The Hall–Kier alpha value is -4.52. The van der Waals surface area contributed by atoms with Gasteiger partial charge in [-0.05, 0) is 86.9 Å². The van der Waals surface area contributed by atoms with E-state index in [4.69, 9.17) is 0 Å². The molecule has 1 aliphatic heterocycles. The number of barbiturate groups is 1. The molecular formula is C28H24N4O3. The molecule has 174 valence electrons. The summed E-state index contributed by atoms with van der Waals surface area (Å²) in [6.45, 7) is 7.66. The van der Waals surface area contributed by atoms with Gasteiger partial charge in [0.15, 0.2) is 0 Å². The van der Waals surface area contributed by atoms with Crippen LogP contribution in [0.15, 0.2) is 66.4 Å². The highest BCUT2D eigenvalue weighted by atomic mass is 16.2. The van der Waals surface area contributed by atoms with Crippen molar-refractivity contribution in [2.24, 2.45) is 0 Å². The number of hydrogen-bond acceptors (Lipinski definition) is 4. The molecule has 1 aliphatic rings. The van der Waals surface area contributed by atoms with E-state index in [1.54, 1.807) is 24.4 Å². The molecule has 3 heterocycles. The minimum absolute atomic E-state index is 0.0894. The maximum absolute atomic E-state index is 13.4. The molecule has 5 rings (SSSR count).